The largest absolute Gasteiger partial charge is 0.352 e. The summed E-state index contributed by atoms with van der Waals surface area (Å²) in [6, 6.07) is 0.449. The second-order valence-corrected chi connectivity index (χ2v) is 6.89. The maximum absolute atomic E-state index is 12.2. The van der Waals surface area contributed by atoms with E-state index in [1.54, 1.807) is 0 Å². The first-order valence-corrected chi connectivity index (χ1v) is 8.34. The first kappa shape index (κ1) is 15.8. The molecule has 0 radical (unpaired) electrons. The lowest BCUT2D eigenvalue weighted by Gasteiger charge is -2.47. The van der Waals surface area contributed by atoms with Crippen molar-refractivity contribution in [2.75, 3.05) is 19.6 Å². The fourth-order valence-electron chi connectivity index (χ4n) is 3.66. The second kappa shape index (κ2) is 6.90. The summed E-state index contributed by atoms with van der Waals surface area (Å²) in [7, 11) is 0. The molecule has 0 heterocycles. The highest BCUT2D eigenvalue weighted by atomic mass is 16.2. The highest BCUT2D eigenvalue weighted by molar-refractivity contribution is 5.78. The van der Waals surface area contributed by atoms with Gasteiger partial charge in [-0.2, -0.15) is 0 Å². The van der Waals surface area contributed by atoms with Crippen molar-refractivity contribution < 1.29 is 4.79 Å². The molecule has 0 aromatic heterocycles. The van der Waals surface area contributed by atoms with Gasteiger partial charge in [0.15, 0.2) is 0 Å². The lowest BCUT2D eigenvalue weighted by atomic mass is 9.75. The number of rotatable bonds is 7. The van der Waals surface area contributed by atoms with E-state index in [0.29, 0.717) is 19.1 Å². The fourth-order valence-corrected chi connectivity index (χ4v) is 3.66. The molecule has 2 aliphatic carbocycles. The summed E-state index contributed by atoms with van der Waals surface area (Å²) in [5, 5.41) is 3.11. The predicted octanol–water partition coefficient (Wildman–Crippen LogP) is 1.88. The monoisotopic (exact) mass is 281 g/mol. The van der Waals surface area contributed by atoms with E-state index in [2.05, 4.69) is 24.1 Å². The normalized spacial score (nSPS) is 30.5. The average molecular weight is 281 g/mol. The Morgan fingerprint density at radius 2 is 2.15 bits per heavy atom. The van der Waals surface area contributed by atoms with E-state index in [0.717, 1.165) is 44.6 Å². The summed E-state index contributed by atoms with van der Waals surface area (Å²) in [6.45, 7) is 6.67. The molecule has 4 heteroatoms. The van der Waals surface area contributed by atoms with Crippen molar-refractivity contribution in [1.29, 1.82) is 0 Å². The molecule has 2 rings (SSSR count). The Hall–Kier alpha value is -0.610. The van der Waals surface area contributed by atoms with Gasteiger partial charge in [-0.25, -0.2) is 0 Å². The lowest BCUT2D eigenvalue weighted by Crippen LogP contribution is -2.58. The van der Waals surface area contributed by atoms with Crippen LogP contribution in [-0.2, 0) is 4.79 Å². The Bertz CT molecular complexity index is 330. The van der Waals surface area contributed by atoms with Crippen LogP contribution < -0.4 is 11.1 Å². The Balaban J connectivity index is 2.01. The highest BCUT2D eigenvalue weighted by Gasteiger charge is 2.39. The Kier molecular flexibility index (Phi) is 5.44. The molecule has 0 aromatic rings. The molecule has 2 aliphatic rings. The quantitative estimate of drug-likeness (QED) is 0.749. The molecule has 3 N–H and O–H groups in total. The molecule has 2 fully saturated rings. The number of amides is 1. The maximum atomic E-state index is 12.2. The van der Waals surface area contributed by atoms with Crippen LogP contribution in [-0.4, -0.2) is 42.0 Å². The van der Waals surface area contributed by atoms with E-state index >= 15 is 0 Å². The average Bonchev–Trinajstić information content (AvgIpc) is 3.22. The number of nitrogens with one attached hydrogen (secondary N) is 1. The third-order valence-electron chi connectivity index (χ3n) is 4.89. The molecule has 0 aliphatic heterocycles. The van der Waals surface area contributed by atoms with Crippen molar-refractivity contribution in [2.45, 2.75) is 70.4 Å². The van der Waals surface area contributed by atoms with E-state index in [9.17, 15) is 4.79 Å². The minimum absolute atomic E-state index is 0.0502. The summed E-state index contributed by atoms with van der Waals surface area (Å²) in [5.41, 5.74) is 6.20. The zero-order valence-electron chi connectivity index (χ0n) is 13.2. The summed E-state index contributed by atoms with van der Waals surface area (Å²) in [6.07, 6.45) is 8.20. The smallest absolute Gasteiger partial charge is 0.234 e. The van der Waals surface area contributed by atoms with Gasteiger partial charge < -0.3 is 11.1 Å². The Morgan fingerprint density at radius 1 is 1.40 bits per heavy atom. The number of carbonyl (C=O) groups is 1. The van der Waals surface area contributed by atoms with E-state index < -0.39 is 0 Å². The van der Waals surface area contributed by atoms with Crippen molar-refractivity contribution >= 4 is 5.91 Å². The number of hydrogen-bond donors (Lipinski definition) is 2. The molecular formula is C16H31N3O. The van der Waals surface area contributed by atoms with Crippen LogP contribution in [0, 0.1) is 5.92 Å². The van der Waals surface area contributed by atoms with Gasteiger partial charge in [-0.15, -0.1) is 0 Å². The number of nitrogens with two attached hydrogens (primary N) is 1. The summed E-state index contributed by atoms with van der Waals surface area (Å²) >= 11 is 0. The molecule has 0 saturated heterocycles. The first-order chi connectivity index (χ1) is 9.59. The molecule has 2 atom stereocenters. The van der Waals surface area contributed by atoms with E-state index in [4.69, 9.17) is 5.73 Å². The third-order valence-corrected chi connectivity index (χ3v) is 4.89. The van der Waals surface area contributed by atoms with E-state index in [1.165, 1.54) is 12.8 Å². The minimum Gasteiger partial charge on any atom is -0.352 e. The highest BCUT2D eigenvalue weighted by Crippen LogP contribution is 2.36. The molecule has 0 spiro atoms. The third kappa shape index (κ3) is 3.95. The van der Waals surface area contributed by atoms with Crippen LogP contribution in [0.15, 0.2) is 0 Å². The molecule has 2 unspecified atom stereocenters. The first-order valence-electron chi connectivity index (χ1n) is 8.34. The molecule has 116 valence electrons. The second-order valence-electron chi connectivity index (χ2n) is 6.89. The van der Waals surface area contributed by atoms with Gasteiger partial charge >= 0.3 is 0 Å². The number of hydrogen-bond acceptors (Lipinski definition) is 3. The van der Waals surface area contributed by atoms with Crippen LogP contribution in [0.25, 0.3) is 0 Å². The molecule has 2 saturated carbocycles. The van der Waals surface area contributed by atoms with E-state index in [-0.39, 0.29) is 11.4 Å². The zero-order chi connectivity index (χ0) is 14.6. The van der Waals surface area contributed by atoms with Crippen molar-refractivity contribution in [2.24, 2.45) is 11.7 Å². The maximum Gasteiger partial charge on any atom is 0.234 e. The molecule has 4 nitrogen and oxygen atoms in total. The Morgan fingerprint density at radius 3 is 2.70 bits per heavy atom. The van der Waals surface area contributed by atoms with E-state index in [1.807, 2.05) is 0 Å². The summed E-state index contributed by atoms with van der Waals surface area (Å²) in [4.78, 5) is 14.5. The van der Waals surface area contributed by atoms with Gasteiger partial charge in [-0.1, -0.05) is 26.7 Å². The Labute approximate surface area is 123 Å². The van der Waals surface area contributed by atoms with Gasteiger partial charge in [-0.3, -0.25) is 9.69 Å². The molecular weight excluding hydrogens is 250 g/mol. The van der Waals surface area contributed by atoms with Gasteiger partial charge in [0, 0.05) is 18.1 Å². The number of nitrogens with zero attached hydrogens (tertiary/aromatic N) is 1. The van der Waals surface area contributed by atoms with Crippen LogP contribution in [0.5, 0.6) is 0 Å². The van der Waals surface area contributed by atoms with Crippen LogP contribution in [0.4, 0.5) is 0 Å². The summed E-state index contributed by atoms with van der Waals surface area (Å²) < 4.78 is 0. The van der Waals surface area contributed by atoms with Crippen molar-refractivity contribution in [1.82, 2.24) is 10.2 Å². The topological polar surface area (TPSA) is 58.4 Å². The van der Waals surface area contributed by atoms with Crippen LogP contribution >= 0.6 is 0 Å². The van der Waals surface area contributed by atoms with Crippen molar-refractivity contribution in [3.8, 4) is 0 Å². The lowest BCUT2D eigenvalue weighted by molar-refractivity contribution is -0.124. The van der Waals surface area contributed by atoms with Gasteiger partial charge in [0.05, 0.1) is 6.54 Å². The SMILES string of the molecule is CCCN(CC(=O)NC1CC1)C1(CN)CCCC(C)C1. The number of carbonyl (C=O) groups excluding carboxylic acids is 1. The van der Waals surface area contributed by atoms with Crippen LogP contribution in [0.1, 0.15) is 58.8 Å². The minimum atomic E-state index is 0.0502. The fraction of sp³-hybridized carbons (Fsp3) is 0.938. The molecule has 0 aromatic carbocycles. The molecule has 1 amide bonds. The predicted molar refractivity (Wildman–Crippen MR) is 82.4 cm³/mol. The van der Waals surface area contributed by atoms with Gasteiger partial charge in [-0.05, 0) is 44.6 Å². The van der Waals surface area contributed by atoms with Gasteiger partial charge in [0.25, 0.3) is 0 Å². The van der Waals surface area contributed by atoms with Crippen molar-refractivity contribution in [3.05, 3.63) is 0 Å². The summed E-state index contributed by atoms with van der Waals surface area (Å²) in [5.74, 6) is 0.908. The standard InChI is InChI=1S/C16H31N3O/c1-3-9-19(11-15(20)18-14-6-7-14)16(12-17)8-4-5-13(2)10-16/h13-14H,3-12,17H2,1-2H3,(H,18,20). The molecule has 20 heavy (non-hydrogen) atoms. The van der Waals surface area contributed by atoms with Crippen molar-refractivity contribution in [3.63, 3.8) is 0 Å². The van der Waals surface area contributed by atoms with Gasteiger partial charge in [0.2, 0.25) is 5.91 Å². The van der Waals surface area contributed by atoms with Crippen LogP contribution in [0.3, 0.4) is 0 Å². The molecule has 0 bridgehead atoms. The van der Waals surface area contributed by atoms with Gasteiger partial charge in [0.1, 0.15) is 0 Å². The van der Waals surface area contributed by atoms with Crippen LogP contribution in [0.2, 0.25) is 0 Å². The zero-order valence-corrected chi connectivity index (χ0v) is 13.2.